The highest BCUT2D eigenvalue weighted by Gasteiger charge is 2.20. The third-order valence-corrected chi connectivity index (χ3v) is 3.57. The van der Waals surface area contributed by atoms with Crippen LogP contribution in [0.2, 0.25) is 0 Å². The molecule has 0 bridgehead atoms. The van der Waals surface area contributed by atoms with Crippen molar-refractivity contribution in [2.75, 3.05) is 25.0 Å². The summed E-state index contributed by atoms with van der Waals surface area (Å²) in [6, 6.07) is 6.99. The van der Waals surface area contributed by atoms with Crippen LogP contribution in [0.1, 0.15) is 19.8 Å². The van der Waals surface area contributed by atoms with Crippen LogP contribution in [0.5, 0.6) is 5.75 Å². The number of rotatable bonds is 4. The molecule has 2 amide bonds. The lowest BCUT2D eigenvalue weighted by Gasteiger charge is -2.30. The van der Waals surface area contributed by atoms with E-state index in [2.05, 4.69) is 12.2 Å². The number of amidine groups is 1. The normalized spacial score (nSPS) is 15.6. The molecule has 6 nitrogen and oxygen atoms in total. The van der Waals surface area contributed by atoms with Crippen molar-refractivity contribution in [1.82, 2.24) is 4.90 Å². The highest BCUT2D eigenvalue weighted by Crippen LogP contribution is 2.19. The van der Waals surface area contributed by atoms with Gasteiger partial charge in [-0.3, -0.25) is 5.41 Å². The first-order chi connectivity index (χ1) is 10.0. The quantitative estimate of drug-likeness (QED) is 0.586. The number of hydrogen-bond donors (Lipinski definition) is 3. The summed E-state index contributed by atoms with van der Waals surface area (Å²) in [5, 5.41) is 9.98. The second-order valence-electron chi connectivity index (χ2n) is 5.44. The second-order valence-corrected chi connectivity index (χ2v) is 5.44. The van der Waals surface area contributed by atoms with E-state index in [-0.39, 0.29) is 18.5 Å². The van der Waals surface area contributed by atoms with Crippen molar-refractivity contribution >= 4 is 17.6 Å². The van der Waals surface area contributed by atoms with Gasteiger partial charge < -0.3 is 20.7 Å². The number of amides is 2. The lowest BCUT2D eigenvalue weighted by Crippen LogP contribution is -2.40. The Labute approximate surface area is 124 Å². The van der Waals surface area contributed by atoms with Gasteiger partial charge in [-0.1, -0.05) is 6.92 Å². The van der Waals surface area contributed by atoms with E-state index in [0.717, 1.165) is 31.6 Å². The Morgan fingerprint density at radius 2 is 2.00 bits per heavy atom. The zero-order valence-corrected chi connectivity index (χ0v) is 12.3. The molecule has 1 aliphatic rings. The number of nitrogens with one attached hydrogen (secondary N) is 2. The Balaban J connectivity index is 1.85. The fourth-order valence-corrected chi connectivity index (χ4v) is 2.21. The predicted octanol–water partition coefficient (Wildman–Crippen LogP) is 2.27. The Bertz CT molecular complexity index is 493. The molecule has 2 rings (SSSR count). The number of nitrogens with two attached hydrogens (primary N) is 1. The first-order valence-electron chi connectivity index (χ1n) is 7.16. The molecule has 1 aliphatic heterocycles. The molecular weight excluding hydrogens is 268 g/mol. The fraction of sp³-hybridized carbons (Fsp3) is 0.467. The first kappa shape index (κ1) is 15.2. The van der Waals surface area contributed by atoms with Crippen molar-refractivity contribution in [2.24, 2.45) is 11.7 Å². The summed E-state index contributed by atoms with van der Waals surface area (Å²) in [7, 11) is 0. The maximum Gasteiger partial charge on any atom is 0.321 e. The minimum Gasteiger partial charge on any atom is -0.486 e. The van der Waals surface area contributed by atoms with E-state index in [1.165, 1.54) is 0 Å². The van der Waals surface area contributed by atoms with Gasteiger partial charge in [-0.2, -0.15) is 0 Å². The summed E-state index contributed by atoms with van der Waals surface area (Å²) in [6.45, 7) is 3.91. The highest BCUT2D eigenvalue weighted by molar-refractivity contribution is 5.89. The van der Waals surface area contributed by atoms with Gasteiger partial charge in [-0.05, 0) is 43.0 Å². The van der Waals surface area contributed by atoms with Crippen molar-refractivity contribution in [1.29, 1.82) is 5.41 Å². The Morgan fingerprint density at radius 1 is 1.38 bits per heavy atom. The predicted molar refractivity (Wildman–Crippen MR) is 82.8 cm³/mol. The molecule has 6 heteroatoms. The number of piperidine rings is 1. The van der Waals surface area contributed by atoms with E-state index in [4.69, 9.17) is 15.9 Å². The topological polar surface area (TPSA) is 91.4 Å². The lowest BCUT2D eigenvalue weighted by molar-refractivity contribution is 0.186. The largest absolute Gasteiger partial charge is 0.486 e. The van der Waals surface area contributed by atoms with Crippen LogP contribution < -0.4 is 15.8 Å². The van der Waals surface area contributed by atoms with Gasteiger partial charge in [-0.15, -0.1) is 0 Å². The number of ether oxygens (including phenoxy) is 1. The van der Waals surface area contributed by atoms with Gasteiger partial charge in [0.05, 0.1) is 0 Å². The van der Waals surface area contributed by atoms with Crippen molar-refractivity contribution < 1.29 is 9.53 Å². The summed E-state index contributed by atoms with van der Waals surface area (Å²) in [4.78, 5) is 14.0. The molecule has 0 radical (unpaired) electrons. The molecule has 0 aromatic heterocycles. The van der Waals surface area contributed by atoms with Gasteiger partial charge in [0.1, 0.15) is 18.2 Å². The second kappa shape index (κ2) is 6.97. The van der Waals surface area contributed by atoms with Crippen LogP contribution in [0.4, 0.5) is 10.5 Å². The standard InChI is InChI=1S/C15H22N4O2/c1-11-6-8-19(9-7-11)15(20)18-12-2-4-13(5-3-12)21-10-14(16)17/h2-5,11H,6-10H2,1H3,(H3,16,17)(H,18,20). The summed E-state index contributed by atoms with van der Waals surface area (Å²) in [6.07, 6.45) is 2.12. The van der Waals surface area contributed by atoms with Crippen molar-refractivity contribution in [3.63, 3.8) is 0 Å². The van der Waals surface area contributed by atoms with E-state index in [0.29, 0.717) is 11.7 Å². The maximum atomic E-state index is 12.1. The maximum absolute atomic E-state index is 12.1. The molecule has 1 fully saturated rings. The minimum atomic E-state index is -0.0562. The molecule has 0 unspecified atom stereocenters. The van der Waals surface area contributed by atoms with Crippen LogP contribution in [0, 0.1) is 11.3 Å². The van der Waals surface area contributed by atoms with Crippen LogP contribution in [-0.2, 0) is 0 Å². The number of carbonyl (C=O) groups is 1. The number of nitrogens with zero attached hydrogens (tertiary/aromatic N) is 1. The van der Waals surface area contributed by atoms with E-state index in [1.54, 1.807) is 24.3 Å². The zero-order valence-electron chi connectivity index (χ0n) is 12.3. The zero-order chi connectivity index (χ0) is 15.2. The molecule has 0 saturated carbocycles. The fourth-order valence-electron chi connectivity index (χ4n) is 2.21. The molecule has 0 spiro atoms. The van der Waals surface area contributed by atoms with Crippen molar-refractivity contribution in [3.05, 3.63) is 24.3 Å². The number of likely N-dealkylation sites (tertiary alicyclic amines) is 1. The Morgan fingerprint density at radius 3 is 2.57 bits per heavy atom. The van der Waals surface area contributed by atoms with E-state index < -0.39 is 0 Å². The number of benzene rings is 1. The Kier molecular flexibility index (Phi) is 5.03. The summed E-state index contributed by atoms with van der Waals surface area (Å²) in [5.41, 5.74) is 5.95. The lowest BCUT2D eigenvalue weighted by atomic mass is 10.00. The van der Waals surface area contributed by atoms with E-state index >= 15 is 0 Å². The van der Waals surface area contributed by atoms with Crippen molar-refractivity contribution in [3.8, 4) is 5.75 Å². The van der Waals surface area contributed by atoms with Gasteiger partial charge >= 0.3 is 6.03 Å². The van der Waals surface area contributed by atoms with Gasteiger partial charge in [-0.25, -0.2) is 4.79 Å². The van der Waals surface area contributed by atoms with Gasteiger partial charge in [0.2, 0.25) is 0 Å². The van der Waals surface area contributed by atoms with Crippen LogP contribution in [0.15, 0.2) is 24.3 Å². The Hall–Kier alpha value is -2.24. The third-order valence-electron chi connectivity index (χ3n) is 3.57. The molecule has 21 heavy (non-hydrogen) atoms. The number of hydrogen-bond acceptors (Lipinski definition) is 3. The molecule has 0 atom stereocenters. The van der Waals surface area contributed by atoms with Crippen molar-refractivity contribution in [2.45, 2.75) is 19.8 Å². The average Bonchev–Trinajstić information content (AvgIpc) is 2.47. The summed E-state index contributed by atoms with van der Waals surface area (Å²) in [5.74, 6) is 1.30. The van der Waals surface area contributed by atoms with Gasteiger partial charge in [0.25, 0.3) is 0 Å². The molecule has 1 saturated heterocycles. The van der Waals surface area contributed by atoms with Crippen LogP contribution in [-0.4, -0.2) is 36.5 Å². The number of carbonyl (C=O) groups excluding carboxylic acids is 1. The summed E-state index contributed by atoms with van der Waals surface area (Å²) >= 11 is 0. The van der Waals surface area contributed by atoms with Gasteiger partial charge in [0.15, 0.2) is 0 Å². The van der Waals surface area contributed by atoms with Gasteiger partial charge in [0, 0.05) is 18.8 Å². The molecular formula is C15H22N4O2. The molecule has 0 aliphatic carbocycles. The molecule has 1 aromatic carbocycles. The smallest absolute Gasteiger partial charge is 0.321 e. The van der Waals surface area contributed by atoms with E-state index in [9.17, 15) is 4.79 Å². The molecule has 114 valence electrons. The van der Waals surface area contributed by atoms with E-state index in [1.807, 2.05) is 4.90 Å². The highest BCUT2D eigenvalue weighted by atomic mass is 16.5. The molecule has 1 aromatic rings. The minimum absolute atomic E-state index is 0.0216. The van der Waals surface area contributed by atoms with Crippen LogP contribution in [0.25, 0.3) is 0 Å². The molecule has 4 N–H and O–H groups in total. The number of anilines is 1. The average molecular weight is 290 g/mol. The summed E-state index contributed by atoms with van der Waals surface area (Å²) < 4.78 is 5.28. The third kappa shape index (κ3) is 4.66. The number of urea groups is 1. The monoisotopic (exact) mass is 290 g/mol. The molecule has 1 heterocycles. The SMILES string of the molecule is CC1CCN(C(=O)Nc2ccc(OCC(=N)N)cc2)CC1. The van der Waals surface area contributed by atoms with Crippen LogP contribution in [0.3, 0.4) is 0 Å². The first-order valence-corrected chi connectivity index (χ1v) is 7.16. The van der Waals surface area contributed by atoms with Crippen LogP contribution >= 0.6 is 0 Å².